The van der Waals surface area contributed by atoms with Crippen molar-refractivity contribution in [2.45, 2.75) is 147 Å². The third-order valence-electron chi connectivity index (χ3n) is 11.9. The van der Waals surface area contributed by atoms with E-state index in [4.69, 9.17) is 28.7 Å². The van der Waals surface area contributed by atoms with Crippen LogP contribution < -0.4 is 55.3 Å². The van der Waals surface area contributed by atoms with Crippen molar-refractivity contribution in [1.29, 1.82) is 0 Å². The van der Waals surface area contributed by atoms with Gasteiger partial charge in [0.25, 0.3) is 0 Å². The average Bonchev–Trinajstić information content (AvgIpc) is 3.99. The molecule has 2 fully saturated rings. The number of hydrogen-bond donors (Lipinski definition) is 11. The Hall–Kier alpha value is -5.87. The molecule has 2 aliphatic rings. The Morgan fingerprint density at radius 2 is 1.25 bits per heavy atom. The summed E-state index contributed by atoms with van der Waals surface area (Å²) in [5, 5.41) is 23.1. The number of rotatable bonds is 27. The summed E-state index contributed by atoms with van der Waals surface area (Å²) in [5.74, 6) is -5.54. The maximum atomic E-state index is 14.5. The lowest BCUT2D eigenvalue weighted by Gasteiger charge is -2.32. The molecule has 0 bridgehead atoms. The first-order valence-electron chi connectivity index (χ1n) is 23.4. The van der Waals surface area contributed by atoms with E-state index in [1.54, 1.807) is 44.2 Å². The average molecular weight is 942 g/mol. The lowest BCUT2D eigenvalue weighted by atomic mass is 10.0. The lowest BCUT2D eigenvalue weighted by Crippen LogP contribution is -2.60. The van der Waals surface area contributed by atoms with Gasteiger partial charge in [0.2, 0.25) is 47.3 Å². The first-order valence-corrected chi connectivity index (χ1v) is 23.4. The topological polar surface area (TPSA) is 366 Å². The maximum Gasteiger partial charge on any atom is 0.246 e. The Morgan fingerprint density at radius 3 is 1.79 bits per heavy atom. The Kier molecular flexibility index (Phi) is 22.9. The molecule has 16 N–H and O–H groups in total. The van der Waals surface area contributed by atoms with E-state index in [1.165, 1.54) is 9.80 Å². The van der Waals surface area contributed by atoms with Crippen molar-refractivity contribution in [3.8, 4) is 0 Å². The molecule has 0 spiro atoms. The van der Waals surface area contributed by atoms with Gasteiger partial charge >= 0.3 is 0 Å². The minimum Gasteiger partial charge on any atom is -0.394 e. The van der Waals surface area contributed by atoms with Crippen LogP contribution in [0.15, 0.2) is 35.3 Å². The van der Waals surface area contributed by atoms with Crippen molar-refractivity contribution in [3.05, 3.63) is 35.9 Å². The second-order valence-electron chi connectivity index (χ2n) is 18.1. The van der Waals surface area contributed by atoms with Gasteiger partial charge in [-0.05, 0) is 88.2 Å². The molecule has 3 rings (SSSR count). The number of hydrogen-bond acceptors (Lipinski definition) is 12. The van der Waals surface area contributed by atoms with Gasteiger partial charge in [0.05, 0.1) is 6.61 Å². The molecule has 67 heavy (non-hydrogen) atoms. The van der Waals surface area contributed by atoms with E-state index in [1.807, 2.05) is 13.8 Å². The molecule has 2 saturated heterocycles. The summed E-state index contributed by atoms with van der Waals surface area (Å²) < 4.78 is 0. The third-order valence-corrected chi connectivity index (χ3v) is 11.9. The van der Waals surface area contributed by atoms with Gasteiger partial charge in [0, 0.05) is 26.1 Å². The molecule has 1 aromatic carbocycles. The van der Waals surface area contributed by atoms with Crippen LogP contribution in [0.25, 0.3) is 0 Å². The van der Waals surface area contributed by atoms with E-state index in [0.717, 1.165) is 0 Å². The number of likely N-dealkylation sites (tertiary alicyclic amines) is 2. The molecule has 0 unspecified atom stereocenters. The summed E-state index contributed by atoms with van der Waals surface area (Å²) in [5.41, 5.74) is 28.8. The molecule has 2 aliphatic heterocycles. The minimum atomic E-state index is -1.24. The highest BCUT2D eigenvalue weighted by Gasteiger charge is 2.42. The molecule has 0 aliphatic carbocycles. The van der Waals surface area contributed by atoms with E-state index in [2.05, 4.69) is 31.6 Å². The highest BCUT2D eigenvalue weighted by molar-refractivity contribution is 5.98. The van der Waals surface area contributed by atoms with Gasteiger partial charge in [-0.1, -0.05) is 58.0 Å². The molecule has 8 amide bonds. The Morgan fingerprint density at radius 1 is 0.701 bits per heavy atom. The summed E-state index contributed by atoms with van der Waals surface area (Å²) in [6.45, 7) is 7.45. The quantitative estimate of drug-likeness (QED) is 0.0244. The first-order chi connectivity index (χ1) is 31.8. The summed E-state index contributed by atoms with van der Waals surface area (Å²) in [7, 11) is 0. The SMILES string of the molecule is CC(C)C[C@H](NC(=O)[C@H](CCCN=C(N)N)NC(=O)[C@@H]1CCCN1C(=O)[C@H](CCCCN)NC(=O)[C@H](Cc1ccccc1)NC(=O)[C@@H]1CCCN1C(=O)[C@@H](NC(=O)[C@@H](N)CO)C(C)C)C(N)=O. The van der Waals surface area contributed by atoms with Crippen molar-refractivity contribution in [2.24, 2.45) is 45.5 Å². The fourth-order valence-electron chi connectivity index (χ4n) is 8.22. The number of guanidine groups is 1. The second kappa shape index (κ2) is 27.7. The van der Waals surface area contributed by atoms with Crippen LogP contribution in [-0.4, -0.2) is 149 Å². The van der Waals surface area contributed by atoms with Gasteiger partial charge in [-0.3, -0.25) is 43.3 Å². The summed E-state index contributed by atoms with van der Waals surface area (Å²) in [6, 6.07) is 0.181. The Bertz CT molecular complexity index is 1860. The number of primary amides is 1. The lowest BCUT2D eigenvalue weighted by molar-refractivity contribution is -0.144. The highest BCUT2D eigenvalue weighted by atomic mass is 16.3. The van der Waals surface area contributed by atoms with Crippen LogP contribution in [0, 0.1) is 11.8 Å². The minimum absolute atomic E-state index is 0.0194. The Balaban J connectivity index is 1.87. The van der Waals surface area contributed by atoms with E-state index in [9.17, 15) is 43.5 Å². The molecule has 374 valence electrons. The first kappa shape index (κ1) is 55.5. The number of carbonyl (C=O) groups excluding carboxylic acids is 8. The van der Waals surface area contributed by atoms with Gasteiger partial charge in [-0.25, -0.2) is 0 Å². The molecule has 22 heteroatoms. The van der Waals surface area contributed by atoms with Gasteiger partial charge < -0.3 is 70.2 Å². The zero-order chi connectivity index (χ0) is 49.8. The van der Waals surface area contributed by atoms with Crippen LogP contribution in [0.2, 0.25) is 0 Å². The molecule has 0 aromatic heterocycles. The monoisotopic (exact) mass is 942 g/mol. The summed E-state index contributed by atoms with van der Waals surface area (Å²) in [6.07, 6.45) is 3.29. The van der Waals surface area contributed by atoms with Gasteiger partial charge in [-0.15, -0.1) is 0 Å². The fourth-order valence-corrected chi connectivity index (χ4v) is 8.22. The van der Waals surface area contributed by atoms with Crippen molar-refractivity contribution in [2.75, 3.05) is 32.8 Å². The number of nitrogens with zero attached hydrogens (tertiary/aromatic N) is 3. The number of nitrogens with one attached hydrogen (secondary N) is 5. The van der Waals surface area contributed by atoms with E-state index >= 15 is 0 Å². The van der Waals surface area contributed by atoms with Crippen molar-refractivity contribution < 1.29 is 43.5 Å². The standard InChI is InChI=1S/C45H75N13O9/c1-26(2)23-32(37(48)60)54-39(62)30(16-10-20-51-45(49)50)52-41(64)34-17-11-21-57(34)43(66)31(15-8-9-19-46)53-40(63)33(24-28-13-6-5-7-14-28)55-42(65)35-18-12-22-58(35)44(67)36(27(3)4)56-38(61)29(47)25-59/h5-7,13-14,26-27,29-36,59H,8-12,15-25,46-47H2,1-4H3,(H2,48,60)(H,52,64)(H,53,63)(H,54,62)(H,55,65)(H,56,61)(H4,49,50,51)/t29-,30-,31-,32-,33-,34-,35-,36-/m0/s1. The van der Waals surface area contributed by atoms with Crippen LogP contribution in [0.1, 0.15) is 97.5 Å². The number of aliphatic hydroxyl groups excluding tert-OH is 1. The molecule has 22 nitrogen and oxygen atoms in total. The number of aliphatic imine (C=N–C) groups is 1. The van der Waals surface area contributed by atoms with E-state index < -0.39 is 108 Å². The number of carbonyl (C=O) groups is 8. The molecular formula is C45H75N13O9. The molecular weight excluding hydrogens is 867 g/mol. The van der Waals surface area contributed by atoms with Crippen molar-refractivity contribution in [1.82, 2.24) is 36.4 Å². The second-order valence-corrected chi connectivity index (χ2v) is 18.1. The van der Waals surface area contributed by atoms with E-state index in [0.29, 0.717) is 37.8 Å². The van der Waals surface area contributed by atoms with Gasteiger partial charge in [0.15, 0.2) is 5.96 Å². The smallest absolute Gasteiger partial charge is 0.246 e. The van der Waals surface area contributed by atoms with Crippen LogP contribution in [-0.2, 0) is 44.8 Å². The van der Waals surface area contributed by atoms with Crippen LogP contribution in [0.4, 0.5) is 0 Å². The normalized spacial score (nSPS) is 18.5. The highest BCUT2D eigenvalue weighted by Crippen LogP contribution is 2.23. The van der Waals surface area contributed by atoms with Crippen molar-refractivity contribution >= 4 is 53.2 Å². The zero-order valence-corrected chi connectivity index (χ0v) is 39.4. The number of amides is 8. The van der Waals surface area contributed by atoms with Crippen LogP contribution in [0.5, 0.6) is 0 Å². The fraction of sp³-hybridized carbons (Fsp3) is 0.667. The van der Waals surface area contributed by atoms with Crippen LogP contribution in [0.3, 0.4) is 0 Å². The maximum absolute atomic E-state index is 14.5. The number of benzene rings is 1. The van der Waals surface area contributed by atoms with E-state index in [-0.39, 0.29) is 76.5 Å². The zero-order valence-electron chi connectivity index (χ0n) is 39.4. The van der Waals surface area contributed by atoms with Crippen LogP contribution >= 0.6 is 0 Å². The predicted octanol–water partition coefficient (Wildman–Crippen LogP) is -2.68. The third kappa shape index (κ3) is 17.4. The van der Waals surface area contributed by atoms with Gasteiger partial charge in [0.1, 0.15) is 48.3 Å². The predicted molar refractivity (Wildman–Crippen MR) is 251 cm³/mol. The summed E-state index contributed by atoms with van der Waals surface area (Å²) >= 11 is 0. The molecule has 8 atom stereocenters. The summed E-state index contributed by atoms with van der Waals surface area (Å²) in [4.78, 5) is 116. The van der Waals surface area contributed by atoms with Gasteiger partial charge in [-0.2, -0.15) is 0 Å². The number of unbranched alkanes of at least 4 members (excludes halogenated alkanes) is 1. The number of aliphatic hydroxyl groups is 1. The molecule has 0 radical (unpaired) electrons. The Labute approximate surface area is 393 Å². The molecule has 2 heterocycles. The molecule has 0 saturated carbocycles. The van der Waals surface area contributed by atoms with Crippen molar-refractivity contribution in [3.63, 3.8) is 0 Å². The number of nitrogens with two attached hydrogens (primary N) is 5. The largest absolute Gasteiger partial charge is 0.394 e. The molecule has 1 aromatic rings.